The number of benzene rings is 1. The summed E-state index contributed by atoms with van der Waals surface area (Å²) in [5.41, 5.74) is 2.02. The predicted molar refractivity (Wildman–Crippen MR) is 117 cm³/mol. The van der Waals surface area contributed by atoms with E-state index in [4.69, 9.17) is 16.0 Å². The highest BCUT2D eigenvalue weighted by atomic mass is 35.5. The molecule has 1 aromatic heterocycles. The topological polar surface area (TPSA) is 66.3 Å². The Bertz CT molecular complexity index is 1050. The number of carbonyl (C=O) groups is 1. The molecule has 0 saturated heterocycles. The van der Waals surface area contributed by atoms with E-state index in [0.717, 1.165) is 42.3 Å². The number of carbonyl (C=O) groups excluding carboxylic acids is 1. The first-order valence-corrected chi connectivity index (χ1v) is 11.3. The van der Waals surface area contributed by atoms with Gasteiger partial charge in [0.25, 0.3) is 5.91 Å². The van der Waals surface area contributed by atoms with Crippen molar-refractivity contribution < 1.29 is 18.0 Å². The molecule has 1 spiro atoms. The fourth-order valence-corrected chi connectivity index (χ4v) is 5.60. The second-order valence-corrected chi connectivity index (χ2v) is 9.52. The van der Waals surface area contributed by atoms with Crippen molar-refractivity contribution >= 4 is 34.2 Å². The Labute approximate surface area is 184 Å². The second kappa shape index (κ2) is 7.40. The lowest BCUT2D eigenvalue weighted by Crippen LogP contribution is -2.48. The average molecular weight is 450 g/mol. The van der Waals surface area contributed by atoms with Crippen LogP contribution in [-0.4, -0.2) is 17.9 Å². The van der Waals surface area contributed by atoms with E-state index in [1.807, 2.05) is 0 Å². The Morgan fingerprint density at radius 1 is 1.16 bits per heavy atom. The lowest BCUT2D eigenvalue weighted by molar-refractivity contribution is -0.0399. The van der Waals surface area contributed by atoms with Crippen molar-refractivity contribution in [2.45, 2.75) is 75.3 Å². The minimum atomic E-state index is -2.63. The van der Waals surface area contributed by atoms with Crippen molar-refractivity contribution in [1.82, 2.24) is 10.6 Å². The summed E-state index contributed by atoms with van der Waals surface area (Å²) in [6, 6.07) is 3.21. The molecule has 0 radical (unpaired) electrons. The maximum Gasteiger partial charge on any atom is 0.287 e. The van der Waals surface area contributed by atoms with Crippen LogP contribution in [0, 0.1) is 0 Å². The molecular formula is C23H26ClF2N3O2. The van der Waals surface area contributed by atoms with E-state index in [0.29, 0.717) is 16.4 Å². The molecule has 0 atom stereocenters. The number of fused-ring (bicyclic) bond motifs is 4. The number of hydrogen-bond donors (Lipinski definition) is 3. The summed E-state index contributed by atoms with van der Waals surface area (Å²) in [6.45, 7) is 4.06. The number of anilines is 1. The summed E-state index contributed by atoms with van der Waals surface area (Å²) in [5, 5.41) is 10.9. The third kappa shape index (κ3) is 3.67. The van der Waals surface area contributed by atoms with Gasteiger partial charge in [-0.05, 0) is 37.8 Å². The van der Waals surface area contributed by atoms with E-state index in [-0.39, 0.29) is 48.9 Å². The quantitative estimate of drug-likeness (QED) is 0.523. The van der Waals surface area contributed by atoms with Crippen LogP contribution in [0.2, 0.25) is 5.02 Å². The fraction of sp³-hybridized carbons (Fsp3) is 0.522. The summed E-state index contributed by atoms with van der Waals surface area (Å²) in [6.07, 6.45) is 5.30. The van der Waals surface area contributed by atoms with Crippen molar-refractivity contribution in [3.05, 3.63) is 40.9 Å². The van der Waals surface area contributed by atoms with Crippen LogP contribution < -0.4 is 16.0 Å². The molecule has 1 aliphatic heterocycles. The van der Waals surface area contributed by atoms with Gasteiger partial charge in [0, 0.05) is 29.8 Å². The van der Waals surface area contributed by atoms with Crippen LogP contribution in [0.15, 0.2) is 28.9 Å². The molecular weight excluding hydrogens is 424 g/mol. The third-order valence-corrected chi connectivity index (χ3v) is 7.18. The number of furan rings is 1. The summed E-state index contributed by atoms with van der Waals surface area (Å²) < 4.78 is 32.9. The summed E-state index contributed by atoms with van der Waals surface area (Å²) in [5.74, 6) is -2.13. The first-order valence-electron chi connectivity index (χ1n) is 11.0. The normalized spacial score (nSPS) is 22.6. The van der Waals surface area contributed by atoms with Crippen molar-refractivity contribution in [2.24, 2.45) is 0 Å². The SMILES string of the molecule is C=C1Nc2c(Cl)cc3cc(C(=O)NC4CCC(F)(F)CC4)oc3c2C2(CCCCC2)N1. The Balaban J connectivity index is 1.50. The predicted octanol–water partition coefficient (Wildman–Crippen LogP) is 6.04. The Morgan fingerprint density at radius 2 is 1.87 bits per heavy atom. The van der Waals surface area contributed by atoms with Gasteiger partial charge in [-0.2, -0.15) is 0 Å². The van der Waals surface area contributed by atoms with Crippen LogP contribution in [0.1, 0.15) is 73.9 Å². The second-order valence-electron chi connectivity index (χ2n) is 9.11. The van der Waals surface area contributed by atoms with E-state index in [9.17, 15) is 13.6 Å². The number of nitrogens with one attached hydrogen (secondary N) is 3. The molecule has 31 heavy (non-hydrogen) atoms. The molecule has 2 aromatic rings. The zero-order valence-corrected chi connectivity index (χ0v) is 18.0. The summed E-state index contributed by atoms with van der Waals surface area (Å²) in [4.78, 5) is 12.8. The van der Waals surface area contributed by atoms with Crippen molar-refractivity contribution in [3.63, 3.8) is 0 Å². The Hall–Kier alpha value is -2.28. The molecule has 2 saturated carbocycles. The highest BCUT2D eigenvalue weighted by Crippen LogP contribution is 2.49. The van der Waals surface area contributed by atoms with E-state index < -0.39 is 5.92 Å². The molecule has 0 bridgehead atoms. The smallest absolute Gasteiger partial charge is 0.287 e. The fourth-order valence-electron chi connectivity index (χ4n) is 5.34. The molecule has 0 unspecified atom stereocenters. The highest BCUT2D eigenvalue weighted by molar-refractivity contribution is 6.34. The van der Waals surface area contributed by atoms with Crippen LogP contribution in [0.25, 0.3) is 11.0 Å². The van der Waals surface area contributed by atoms with Crippen LogP contribution >= 0.6 is 11.6 Å². The van der Waals surface area contributed by atoms with Crippen LogP contribution in [0.5, 0.6) is 0 Å². The molecule has 1 amide bonds. The molecule has 1 aromatic carbocycles. The van der Waals surface area contributed by atoms with Gasteiger partial charge in [0.05, 0.1) is 22.1 Å². The van der Waals surface area contributed by atoms with Gasteiger partial charge in [0.2, 0.25) is 5.92 Å². The molecule has 8 heteroatoms. The van der Waals surface area contributed by atoms with E-state index >= 15 is 0 Å². The van der Waals surface area contributed by atoms with Gasteiger partial charge in [0.15, 0.2) is 5.76 Å². The minimum Gasteiger partial charge on any atom is -0.450 e. The van der Waals surface area contributed by atoms with Gasteiger partial charge < -0.3 is 20.4 Å². The molecule has 5 rings (SSSR count). The number of hydrogen-bond acceptors (Lipinski definition) is 4. The number of halogens is 3. The van der Waals surface area contributed by atoms with Crippen molar-refractivity contribution in [2.75, 3.05) is 5.32 Å². The van der Waals surface area contributed by atoms with Crippen molar-refractivity contribution in [1.29, 1.82) is 0 Å². The van der Waals surface area contributed by atoms with Gasteiger partial charge in [-0.3, -0.25) is 4.79 Å². The number of rotatable bonds is 2. The summed E-state index contributed by atoms with van der Waals surface area (Å²) >= 11 is 6.62. The van der Waals surface area contributed by atoms with E-state index in [1.165, 1.54) is 6.42 Å². The standard InChI is InChI=1S/C23H26ClF2N3O2/c1-13-27-19-16(24)11-14-12-17(21(30)28-15-5-9-23(25,26)10-6-15)31-20(14)18(19)22(29-13)7-3-2-4-8-22/h11-12,15,27,29H,1-10H2,(H,28,30). The lowest BCUT2D eigenvalue weighted by atomic mass is 9.74. The Kier molecular flexibility index (Phi) is 4.92. The molecule has 166 valence electrons. The third-order valence-electron chi connectivity index (χ3n) is 6.89. The number of amides is 1. The number of alkyl halides is 2. The molecule has 2 aliphatic carbocycles. The molecule has 3 aliphatic rings. The zero-order chi connectivity index (χ0) is 21.8. The van der Waals surface area contributed by atoms with Crippen molar-refractivity contribution in [3.8, 4) is 0 Å². The van der Waals surface area contributed by atoms with Gasteiger partial charge in [-0.15, -0.1) is 0 Å². The Morgan fingerprint density at radius 3 is 2.58 bits per heavy atom. The van der Waals surface area contributed by atoms with Gasteiger partial charge in [-0.25, -0.2) is 8.78 Å². The molecule has 2 fully saturated rings. The minimum absolute atomic E-state index is 0.173. The van der Waals surface area contributed by atoms with Crippen LogP contribution in [0.3, 0.4) is 0 Å². The highest BCUT2D eigenvalue weighted by Gasteiger charge is 2.42. The average Bonchev–Trinajstić information content (AvgIpc) is 3.14. The summed E-state index contributed by atoms with van der Waals surface area (Å²) in [7, 11) is 0. The van der Waals surface area contributed by atoms with Gasteiger partial charge >= 0.3 is 0 Å². The first-order chi connectivity index (χ1) is 14.8. The van der Waals surface area contributed by atoms with Gasteiger partial charge in [0.1, 0.15) is 5.58 Å². The van der Waals surface area contributed by atoms with Gasteiger partial charge in [-0.1, -0.05) is 37.4 Å². The van der Waals surface area contributed by atoms with Crippen LogP contribution in [-0.2, 0) is 5.54 Å². The van der Waals surface area contributed by atoms with E-state index in [2.05, 4.69) is 22.5 Å². The van der Waals surface area contributed by atoms with E-state index in [1.54, 1.807) is 12.1 Å². The molecule has 3 N–H and O–H groups in total. The maximum atomic E-state index is 13.4. The zero-order valence-electron chi connectivity index (χ0n) is 17.3. The first kappa shape index (κ1) is 20.6. The largest absolute Gasteiger partial charge is 0.450 e. The molecule has 2 heterocycles. The maximum absolute atomic E-state index is 13.4. The monoisotopic (exact) mass is 449 g/mol. The van der Waals surface area contributed by atoms with Crippen LogP contribution in [0.4, 0.5) is 14.5 Å². The lowest BCUT2D eigenvalue weighted by Gasteiger charge is -2.44. The molecule has 5 nitrogen and oxygen atoms in total.